The Labute approximate surface area is 167 Å². The van der Waals surface area contributed by atoms with Crippen molar-refractivity contribution in [2.75, 3.05) is 16.4 Å². The van der Waals surface area contributed by atoms with Crippen LogP contribution in [-0.2, 0) is 21.1 Å². The summed E-state index contributed by atoms with van der Waals surface area (Å²) in [6.45, 7) is 1.95. The molecule has 2 fully saturated rings. The molecule has 2 aromatic carbocycles. The van der Waals surface area contributed by atoms with E-state index in [4.69, 9.17) is 0 Å². The fourth-order valence-electron chi connectivity index (χ4n) is 3.64. The highest BCUT2D eigenvalue weighted by Gasteiger charge is 2.49. The van der Waals surface area contributed by atoms with Crippen molar-refractivity contribution in [3.63, 3.8) is 0 Å². The quantitative estimate of drug-likeness (QED) is 0.767. The van der Waals surface area contributed by atoms with Crippen molar-refractivity contribution in [3.8, 4) is 0 Å². The second kappa shape index (κ2) is 7.33. The van der Waals surface area contributed by atoms with E-state index in [1.165, 1.54) is 17.8 Å². The van der Waals surface area contributed by atoms with E-state index in [0.717, 1.165) is 11.1 Å². The Morgan fingerprint density at radius 3 is 2.75 bits per heavy atom. The first kappa shape index (κ1) is 19.1. The maximum absolute atomic E-state index is 14.5. The lowest BCUT2D eigenvalue weighted by atomic mass is 10.1. The van der Waals surface area contributed by atoms with Crippen LogP contribution in [-0.4, -0.2) is 42.3 Å². The second-order valence-electron chi connectivity index (χ2n) is 7.08. The molecular weight excluding hydrogens is 399 g/mol. The molecule has 146 valence electrons. The fraction of sp³-hybridized carbons (Fsp3) is 0.300. The van der Waals surface area contributed by atoms with Crippen LogP contribution in [0.5, 0.6) is 0 Å². The van der Waals surface area contributed by atoms with Crippen LogP contribution in [0.25, 0.3) is 0 Å². The molecule has 2 aromatic rings. The first-order valence-corrected chi connectivity index (χ1v) is 11.6. The van der Waals surface area contributed by atoms with Gasteiger partial charge in [-0.25, -0.2) is 12.8 Å². The summed E-state index contributed by atoms with van der Waals surface area (Å²) in [7, 11) is -3.19. The molecule has 0 aromatic heterocycles. The monoisotopic (exact) mass is 418 g/mol. The Kier molecular flexibility index (Phi) is 5.01. The SMILES string of the molecule is Cc1cccc(CC(=O)N=C2S[C@@H]3CS(=O)(=O)C[C@@H]3N2c2ccccc2F)c1. The Bertz CT molecular complexity index is 1070. The van der Waals surface area contributed by atoms with Crippen molar-refractivity contribution in [1.29, 1.82) is 0 Å². The second-order valence-corrected chi connectivity index (χ2v) is 10.4. The summed E-state index contributed by atoms with van der Waals surface area (Å²) in [6.07, 6.45) is 0.143. The first-order valence-electron chi connectivity index (χ1n) is 8.90. The Balaban J connectivity index is 1.66. The number of aryl methyl sites for hydroxylation is 1. The Hall–Kier alpha value is -2.19. The lowest BCUT2D eigenvalue weighted by molar-refractivity contribution is -0.117. The number of rotatable bonds is 3. The van der Waals surface area contributed by atoms with Gasteiger partial charge in [-0.3, -0.25) is 4.79 Å². The molecule has 0 saturated carbocycles. The lowest BCUT2D eigenvalue weighted by Crippen LogP contribution is -2.38. The molecule has 0 N–H and O–H groups in total. The number of anilines is 1. The van der Waals surface area contributed by atoms with E-state index in [9.17, 15) is 17.6 Å². The van der Waals surface area contributed by atoms with Gasteiger partial charge in [-0.2, -0.15) is 4.99 Å². The zero-order chi connectivity index (χ0) is 19.9. The van der Waals surface area contributed by atoms with Crippen LogP contribution in [0.15, 0.2) is 53.5 Å². The molecule has 0 unspecified atom stereocenters. The molecule has 5 nitrogen and oxygen atoms in total. The third-order valence-corrected chi connectivity index (χ3v) is 8.05. The van der Waals surface area contributed by atoms with E-state index in [1.54, 1.807) is 23.1 Å². The molecule has 2 heterocycles. The van der Waals surface area contributed by atoms with Crippen molar-refractivity contribution >= 4 is 38.4 Å². The van der Waals surface area contributed by atoms with Crippen LogP contribution in [0.3, 0.4) is 0 Å². The highest BCUT2D eigenvalue weighted by Crippen LogP contribution is 2.41. The number of benzene rings is 2. The molecule has 2 aliphatic heterocycles. The summed E-state index contributed by atoms with van der Waals surface area (Å²) in [5, 5.41) is 0.114. The van der Waals surface area contributed by atoms with Gasteiger partial charge >= 0.3 is 0 Å². The third-order valence-electron chi connectivity index (χ3n) is 4.84. The minimum absolute atomic E-state index is 0.0123. The summed E-state index contributed by atoms with van der Waals surface area (Å²) < 4.78 is 38.6. The molecule has 1 amide bonds. The predicted molar refractivity (Wildman–Crippen MR) is 110 cm³/mol. The summed E-state index contributed by atoms with van der Waals surface area (Å²) >= 11 is 1.25. The number of sulfone groups is 1. The molecular formula is C20H19FN2O3S2. The summed E-state index contributed by atoms with van der Waals surface area (Å²) in [4.78, 5) is 18.4. The van der Waals surface area contributed by atoms with E-state index in [0.29, 0.717) is 5.17 Å². The highest BCUT2D eigenvalue weighted by atomic mass is 32.2. The van der Waals surface area contributed by atoms with Gasteiger partial charge in [-0.05, 0) is 24.6 Å². The van der Waals surface area contributed by atoms with E-state index in [1.807, 2.05) is 31.2 Å². The summed E-state index contributed by atoms with van der Waals surface area (Å²) in [6, 6.07) is 13.4. The summed E-state index contributed by atoms with van der Waals surface area (Å²) in [5.41, 5.74) is 2.17. The van der Waals surface area contributed by atoms with Gasteiger partial charge in [-0.1, -0.05) is 53.7 Å². The number of hydrogen-bond acceptors (Lipinski definition) is 4. The number of para-hydroxylation sites is 1. The smallest absolute Gasteiger partial charge is 0.252 e. The van der Waals surface area contributed by atoms with Gasteiger partial charge in [0.05, 0.1) is 29.7 Å². The largest absolute Gasteiger partial charge is 0.313 e. The normalized spacial score (nSPS) is 24.5. The molecule has 4 rings (SSSR count). The minimum Gasteiger partial charge on any atom is -0.313 e. The molecule has 2 saturated heterocycles. The van der Waals surface area contributed by atoms with Gasteiger partial charge < -0.3 is 4.90 Å². The van der Waals surface area contributed by atoms with Crippen molar-refractivity contribution in [1.82, 2.24) is 0 Å². The number of carbonyl (C=O) groups is 1. The van der Waals surface area contributed by atoms with Crippen LogP contribution in [0.4, 0.5) is 10.1 Å². The Morgan fingerprint density at radius 2 is 2.00 bits per heavy atom. The van der Waals surface area contributed by atoms with Gasteiger partial charge in [0.2, 0.25) is 0 Å². The number of aliphatic imine (C=N–C) groups is 1. The average Bonchev–Trinajstić information content (AvgIpc) is 3.06. The minimum atomic E-state index is -3.19. The maximum Gasteiger partial charge on any atom is 0.252 e. The molecule has 2 atom stereocenters. The van der Waals surface area contributed by atoms with Gasteiger partial charge in [-0.15, -0.1) is 0 Å². The van der Waals surface area contributed by atoms with Crippen LogP contribution < -0.4 is 4.90 Å². The number of thioether (sulfide) groups is 1. The van der Waals surface area contributed by atoms with E-state index in [-0.39, 0.29) is 34.8 Å². The number of nitrogens with zero attached hydrogens (tertiary/aromatic N) is 2. The standard InChI is InChI=1S/C20H19FN2O3S2/c1-13-5-4-6-14(9-13)10-19(24)22-20-23(16-8-3-2-7-15(16)21)17-11-28(25,26)12-18(17)27-20/h2-9,17-18H,10-12H2,1H3/t17-,18+/m0/s1. The average molecular weight is 419 g/mol. The third kappa shape index (κ3) is 3.84. The molecule has 0 radical (unpaired) electrons. The topological polar surface area (TPSA) is 66.8 Å². The Morgan fingerprint density at radius 1 is 1.21 bits per heavy atom. The number of fused-ring (bicyclic) bond motifs is 1. The summed E-state index contributed by atoms with van der Waals surface area (Å²) in [5.74, 6) is -0.855. The van der Waals surface area contributed by atoms with Gasteiger partial charge in [0, 0.05) is 5.25 Å². The van der Waals surface area contributed by atoms with Crippen LogP contribution >= 0.6 is 11.8 Å². The van der Waals surface area contributed by atoms with Crippen molar-refractivity contribution in [3.05, 3.63) is 65.5 Å². The van der Waals surface area contributed by atoms with Crippen LogP contribution in [0, 0.1) is 12.7 Å². The van der Waals surface area contributed by atoms with Crippen molar-refractivity contribution < 1.29 is 17.6 Å². The van der Waals surface area contributed by atoms with Crippen molar-refractivity contribution in [2.45, 2.75) is 24.6 Å². The fourth-order valence-corrected chi connectivity index (χ4v) is 7.56. The first-order chi connectivity index (χ1) is 13.3. The molecule has 0 bridgehead atoms. The molecule has 0 aliphatic carbocycles. The van der Waals surface area contributed by atoms with E-state index in [2.05, 4.69) is 4.99 Å². The van der Waals surface area contributed by atoms with Crippen molar-refractivity contribution in [2.24, 2.45) is 4.99 Å². The number of hydrogen-bond donors (Lipinski definition) is 0. The highest BCUT2D eigenvalue weighted by molar-refractivity contribution is 8.16. The zero-order valence-electron chi connectivity index (χ0n) is 15.2. The molecule has 8 heteroatoms. The zero-order valence-corrected chi connectivity index (χ0v) is 16.8. The van der Waals surface area contributed by atoms with Crippen LogP contribution in [0.2, 0.25) is 0 Å². The molecule has 28 heavy (non-hydrogen) atoms. The van der Waals surface area contributed by atoms with Gasteiger partial charge in [0.1, 0.15) is 5.82 Å². The van der Waals surface area contributed by atoms with Gasteiger partial charge in [0.25, 0.3) is 5.91 Å². The van der Waals surface area contributed by atoms with Gasteiger partial charge in [0.15, 0.2) is 15.0 Å². The maximum atomic E-state index is 14.5. The molecule has 2 aliphatic rings. The van der Waals surface area contributed by atoms with Crippen LogP contribution in [0.1, 0.15) is 11.1 Å². The van der Waals surface area contributed by atoms with E-state index >= 15 is 0 Å². The number of amides is 1. The molecule has 0 spiro atoms. The number of halogens is 1. The number of amidine groups is 1. The van der Waals surface area contributed by atoms with E-state index < -0.39 is 21.7 Å². The predicted octanol–water partition coefficient (Wildman–Crippen LogP) is 2.98. The lowest BCUT2D eigenvalue weighted by Gasteiger charge is -2.24. The number of carbonyl (C=O) groups excluding carboxylic acids is 1.